The molecule has 0 N–H and O–H groups in total. The fourth-order valence-electron chi connectivity index (χ4n) is 15.7. The summed E-state index contributed by atoms with van der Waals surface area (Å²) in [6.45, 7) is 14.5. The van der Waals surface area contributed by atoms with Gasteiger partial charge in [0.05, 0.1) is 50.4 Å². The average molecular weight is 1370 g/mol. The predicted octanol–water partition coefficient (Wildman–Crippen LogP) is 21.3. The van der Waals surface area contributed by atoms with Gasteiger partial charge in [-0.25, -0.2) is 18.3 Å². The van der Waals surface area contributed by atoms with E-state index in [1.165, 1.54) is 87.1 Å². The van der Waals surface area contributed by atoms with Crippen molar-refractivity contribution in [2.75, 3.05) is 0 Å². The van der Waals surface area contributed by atoms with E-state index in [9.17, 15) is 0 Å². The molecule has 12 aromatic carbocycles. The Morgan fingerprint density at radius 2 is 0.657 bits per heavy atom. The number of rotatable bonds is 4. The molecule has 12 nitrogen and oxygen atoms in total. The Kier molecular flexibility index (Phi) is 15.3. The van der Waals surface area contributed by atoms with Crippen molar-refractivity contribution in [1.29, 1.82) is 0 Å². The van der Waals surface area contributed by atoms with Crippen molar-refractivity contribution < 1.29 is 40.0 Å². The second-order valence-corrected chi connectivity index (χ2v) is 27.8. The van der Waals surface area contributed by atoms with Crippen LogP contribution in [0.4, 0.5) is 0 Å². The van der Waals surface area contributed by atoms with Crippen molar-refractivity contribution in [3.05, 3.63) is 288 Å². The van der Waals surface area contributed by atoms with Gasteiger partial charge in [-0.3, -0.25) is 0 Å². The zero-order valence-electron chi connectivity index (χ0n) is 63.7. The topological polar surface area (TPSA) is 120 Å². The van der Waals surface area contributed by atoms with Gasteiger partial charge in [-0.05, 0) is 167 Å². The van der Waals surface area contributed by atoms with Crippen LogP contribution in [0.3, 0.4) is 0 Å². The average Bonchev–Trinajstić information content (AvgIpc) is 1.58. The summed E-state index contributed by atoms with van der Waals surface area (Å²) in [5.74, 6) is 0. The molecule has 510 valence electrons. The van der Waals surface area contributed by atoms with Crippen LogP contribution in [0, 0.1) is 62.2 Å². The number of fused-ring (bicyclic) bond motifs is 20. The zero-order valence-corrected chi connectivity index (χ0v) is 60.7. The van der Waals surface area contributed by atoms with Gasteiger partial charge in [0.2, 0.25) is 0 Å². The van der Waals surface area contributed by atoms with Crippen molar-refractivity contribution in [2.45, 2.75) is 62.2 Å². The minimum atomic E-state index is -2.25. The summed E-state index contributed by atoms with van der Waals surface area (Å²) >= 11 is 0. The third-order valence-electron chi connectivity index (χ3n) is 21.1. The number of aryl methyl sites for hydroxylation is 11. The van der Waals surface area contributed by atoms with E-state index in [4.69, 9.17) is 21.8 Å². The summed E-state index contributed by atoms with van der Waals surface area (Å²) in [4.78, 5) is 17.2. The Hall–Kier alpha value is -12.8. The second-order valence-electron chi connectivity index (χ2n) is 27.8. The minimum absolute atomic E-state index is 0.320. The summed E-state index contributed by atoms with van der Waals surface area (Å²) in [5.41, 5.74) is 24.9. The van der Waals surface area contributed by atoms with Crippen molar-refractivity contribution in [1.82, 2.24) is 19.9 Å². The number of aromatic nitrogens is 8. The molecule has 0 unspecified atom stereocenters. The number of nitrogens with zero attached hydrogens (tertiary/aromatic N) is 8. The van der Waals surface area contributed by atoms with E-state index in [-0.39, 0.29) is 0 Å². The van der Waals surface area contributed by atoms with Gasteiger partial charge in [0.1, 0.15) is 79.8 Å². The first kappa shape index (κ1) is 62.0. The third-order valence-corrected chi connectivity index (χ3v) is 21.1. The minimum Gasteiger partial charge on any atom is -0.455 e. The van der Waals surface area contributed by atoms with Gasteiger partial charge in [0.15, 0.2) is 11.4 Å². The summed E-state index contributed by atoms with van der Waals surface area (Å²) in [6, 6.07) is 68.9. The highest BCUT2D eigenvalue weighted by molar-refractivity contribution is 6.25. The quantitative estimate of drug-likeness (QED) is 0.160. The van der Waals surface area contributed by atoms with Crippen LogP contribution >= 0.6 is 0 Å². The molecule has 105 heavy (non-hydrogen) atoms. The van der Waals surface area contributed by atoms with Crippen molar-refractivity contribution >= 4 is 131 Å². The molecule has 0 saturated carbocycles. The van der Waals surface area contributed by atoms with Crippen molar-refractivity contribution in [3.8, 4) is 45.0 Å². The van der Waals surface area contributed by atoms with E-state index in [0.29, 0.717) is 22.1 Å². The Morgan fingerprint density at radius 3 is 1.11 bits per heavy atom. The largest absolute Gasteiger partial charge is 0.455 e. The van der Waals surface area contributed by atoms with E-state index < -0.39 is 6.85 Å². The van der Waals surface area contributed by atoms with Crippen LogP contribution in [0.25, 0.3) is 176 Å². The van der Waals surface area contributed by atoms with Crippen molar-refractivity contribution in [2.24, 2.45) is 28.2 Å². The molecule has 0 amide bonds. The molecule has 0 radical (unpaired) electrons. The van der Waals surface area contributed by atoms with Crippen LogP contribution in [0.5, 0.6) is 0 Å². The van der Waals surface area contributed by atoms with Gasteiger partial charge >= 0.3 is 0 Å². The molecule has 8 heterocycles. The molecule has 20 rings (SSSR count). The van der Waals surface area contributed by atoms with Gasteiger partial charge in [-0.15, -0.1) is 0 Å². The van der Waals surface area contributed by atoms with E-state index in [1.54, 1.807) is 18.6 Å². The molecule has 0 spiro atoms. The van der Waals surface area contributed by atoms with E-state index in [2.05, 4.69) is 209 Å². The second kappa shape index (κ2) is 25.9. The van der Waals surface area contributed by atoms with Crippen molar-refractivity contribution in [3.63, 3.8) is 0 Å². The molecule has 0 fully saturated rings. The lowest BCUT2D eigenvalue weighted by Gasteiger charge is -2.10. The normalized spacial score (nSPS) is 12.2. The Labute approximate surface area is 611 Å². The molecule has 0 atom stereocenters. The van der Waals surface area contributed by atoms with E-state index in [0.717, 1.165) is 117 Å². The van der Waals surface area contributed by atoms with Crippen LogP contribution in [0.15, 0.2) is 256 Å². The molecule has 0 saturated heterocycles. The highest BCUT2D eigenvalue weighted by Gasteiger charge is 2.27. The molecule has 0 aliphatic carbocycles. The molecule has 8 aromatic heterocycles. The standard InChI is InChI=1S/C24H21N2O.3C23H19N2O/c1-14-11-19-23-18-8-6-5-7-17(18)9-10-21(23)27-24(19)22(16(14)3)20-12-15(2)25-13-26(20)4;1-14-8-10-18-22-17-7-5-4-6-16(17)9-11-20(22)26-23(18)21(14)19-12-15(2)24-13-25(19)3;1-14-12-18-22-17-7-5-4-6-16(17)8-9-20(22)26-23(18)21(15(14)2)19-10-11-24-13-25(19)3;1-14-12-15(2)21-22-17-7-5-4-6-16(17)8-9-19(22)26-23(21)20(14)18-10-11-24-13-25(18)3/h5-13H,1-4H3;3*4-13H,1-3H3/q4*+1/i;;;2D3. The maximum Gasteiger partial charge on any atom is 0.286 e. The monoisotopic (exact) mass is 1370 g/mol. The Bertz CT molecular complexity index is 7110. The van der Waals surface area contributed by atoms with Gasteiger partial charge in [-0.1, -0.05) is 159 Å². The number of hydrogen-bond donors (Lipinski definition) is 0. The first-order valence-electron chi connectivity index (χ1n) is 36.8. The van der Waals surface area contributed by atoms with Gasteiger partial charge in [-0.2, -0.15) is 0 Å². The lowest BCUT2D eigenvalue weighted by Crippen LogP contribution is -2.31. The molecular formula is C93H78N8O4+4. The molecule has 20 aromatic rings. The summed E-state index contributed by atoms with van der Waals surface area (Å²) in [6.07, 6.45) is 10.9. The highest BCUT2D eigenvalue weighted by atomic mass is 16.3. The first-order chi connectivity index (χ1) is 52.2. The number of benzene rings is 12. The number of furan rings is 4. The van der Waals surface area contributed by atoms with Gasteiger partial charge in [0, 0.05) is 85.3 Å². The van der Waals surface area contributed by atoms with Crippen LogP contribution in [0.2, 0.25) is 0 Å². The smallest absolute Gasteiger partial charge is 0.286 e. The summed E-state index contributed by atoms with van der Waals surface area (Å²) in [7, 11) is 8.00. The highest BCUT2D eigenvalue weighted by Crippen LogP contribution is 2.46. The lowest BCUT2D eigenvalue weighted by atomic mass is 9.95. The summed E-state index contributed by atoms with van der Waals surface area (Å²) in [5, 5.41) is 18.0. The molecule has 12 heteroatoms. The van der Waals surface area contributed by atoms with Gasteiger partial charge in [0.25, 0.3) is 25.3 Å². The van der Waals surface area contributed by atoms with Crippen LogP contribution in [-0.2, 0) is 28.2 Å². The maximum atomic E-state index is 8.17. The molecular weight excluding hydrogens is 1290 g/mol. The fraction of sp³-hybridized carbons (Fsp3) is 0.140. The Balaban J connectivity index is 0.000000106. The van der Waals surface area contributed by atoms with Crippen LogP contribution in [0.1, 0.15) is 54.4 Å². The zero-order chi connectivity index (χ0) is 74.7. The van der Waals surface area contributed by atoms with E-state index >= 15 is 0 Å². The molecule has 0 aliphatic heterocycles. The molecule has 0 bridgehead atoms. The van der Waals surface area contributed by atoms with Crippen LogP contribution < -0.4 is 18.3 Å². The van der Waals surface area contributed by atoms with Crippen LogP contribution in [-0.4, -0.2) is 19.9 Å². The maximum absolute atomic E-state index is 8.17. The van der Waals surface area contributed by atoms with Gasteiger partial charge < -0.3 is 17.7 Å². The summed E-state index contributed by atoms with van der Waals surface area (Å²) < 4.78 is 58.2. The molecule has 0 aliphatic rings. The first-order valence-corrected chi connectivity index (χ1v) is 35.3. The predicted molar refractivity (Wildman–Crippen MR) is 425 cm³/mol. The SMILES string of the molecule is Cc1cc(-c2c(C)c(C)cc3c2oc2ccc4ccccc4c23)[n+](C)cn1.Cc1cc(-c2c(C)ccc3c2oc2ccc4ccccc4c23)[n+](C)cn1.Cc1cc2c(oc3ccc4ccccc4c32)c(-c2ccnc[n+]2C)c1C.[2H]C([2H])([2H])c1cc(C)c(-c2ccnc[n+]2C)c2oc3ccc4ccccc4c3c12. The Morgan fingerprint density at radius 1 is 0.286 bits per heavy atom. The van der Waals surface area contributed by atoms with E-state index in [1.807, 2.05) is 132 Å². The lowest BCUT2D eigenvalue weighted by molar-refractivity contribution is -0.663. The third kappa shape index (κ3) is 11.1. The number of hydrogen-bond acceptors (Lipinski definition) is 8. The fourth-order valence-corrected chi connectivity index (χ4v) is 15.7.